The molecule has 19 heavy (non-hydrogen) atoms. The Morgan fingerprint density at radius 3 is 2.63 bits per heavy atom. The highest BCUT2D eigenvalue weighted by atomic mass is 19.2. The van der Waals surface area contributed by atoms with Gasteiger partial charge in [-0.05, 0) is 36.8 Å². The number of halogens is 2. The fourth-order valence-corrected chi connectivity index (χ4v) is 1.81. The summed E-state index contributed by atoms with van der Waals surface area (Å²) in [5.74, 6) is -1.78. The predicted molar refractivity (Wildman–Crippen MR) is 69.6 cm³/mol. The summed E-state index contributed by atoms with van der Waals surface area (Å²) in [6.07, 6.45) is 0. The largest absolute Gasteiger partial charge is 0.376 e. The molecule has 1 unspecified atom stereocenters. The van der Waals surface area contributed by atoms with Crippen LogP contribution in [-0.2, 0) is 0 Å². The first-order valence-electron chi connectivity index (χ1n) is 5.82. The van der Waals surface area contributed by atoms with Crippen LogP contribution < -0.4 is 5.32 Å². The third kappa shape index (κ3) is 2.89. The Morgan fingerprint density at radius 2 is 1.89 bits per heavy atom. The average Bonchev–Trinajstić information content (AvgIpc) is 2.44. The number of hydrogen-bond donors (Lipinski definition) is 1. The normalized spacial score (nSPS) is 11.7. The number of hydrogen-bond acceptors (Lipinski definition) is 2. The van der Waals surface area contributed by atoms with Gasteiger partial charge in [0.2, 0.25) is 0 Å². The molecule has 0 saturated heterocycles. The van der Waals surface area contributed by atoms with Gasteiger partial charge < -0.3 is 5.32 Å². The zero-order valence-corrected chi connectivity index (χ0v) is 10.3. The first kappa shape index (κ1) is 13.0. The molecule has 0 aromatic heterocycles. The van der Waals surface area contributed by atoms with Crippen LogP contribution in [0.5, 0.6) is 0 Å². The van der Waals surface area contributed by atoms with Crippen LogP contribution >= 0.6 is 0 Å². The molecule has 2 aromatic rings. The molecule has 0 aliphatic rings. The highest BCUT2D eigenvalue weighted by Gasteiger charge is 2.11. The van der Waals surface area contributed by atoms with Crippen LogP contribution in [0.3, 0.4) is 0 Å². The molecule has 0 radical (unpaired) electrons. The quantitative estimate of drug-likeness (QED) is 0.902. The lowest BCUT2D eigenvalue weighted by molar-refractivity contribution is 0.510. The van der Waals surface area contributed by atoms with E-state index in [-0.39, 0.29) is 11.7 Å². The Labute approximate surface area is 110 Å². The third-order valence-electron chi connectivity index (χ3n) is 2.84. The minimum absolute atomic E-state index is 0.106. The molecule has 0 amide bonds. The summed E-state index contributed by atoms with van der Waals surface area (Å²) in [4.78, 5) is 0. The fraction of sp³-hybridized carbons (Fsp3) is 0.133. The van der Waals surface area contributed by atoms with E-state index in [2.05, 4.69) is 5.32 Å². The van der Waals surface area contributed by atoms with Crippen LogP contribution in [0.25, 0.3) is 0 Å². The fourth-order valence-electron chi connectivity index (χ4n) is 1.81. The van der Waals surface area contributed by atoms with Crippen molar-refractivity contribution in [2.45, 2.75) is 13.0 Å². The van der Waals surface area contributed by atoms with E-state index < -0.39 is 11.6 Å². The van der Waals surface area contributed by atoms with Gasteiger partial charge in [-0.2, -0.15) is 5.26 Å². The lowest BCUT2D eigenvalue weighted by Crippen LogP contribution is -2.08. The molecule has 0 saturated carbocycles. The van der Waals surface area contributed by atoms with E-state index >= 15 is 0 Å². The van der Waals surface area contributed by atoms with Gasteiger partial charge in [-0.25, -0.2) is 8.78 Å². The number of nitrogens with zero attached hydrogens (tertiary/aromatic N) is 1. The van der Waals surface area contributed by atoms with Crippen molar-refractivity contribution >= 4 is 5.69 Å². The zero-order valence-electron chi connectivity index (χ0n) is 10.3. The van der Waals surface area contributed by atoms with E-state index in [1.807, 2.05) is 19.1 Å². The molecule has 0 heterocycles. The lowest BCUT2D eigenvalue weighted by atomic mass is 10.1. The number of anilines is 1. The summed E-state index contributed by atoms with van der Waals surface area (Å²) in [5.41, 5.74) is 1.48. The lowest BCUT2D eigenvalue weighted by Gasteiger charge is -2.16. The van der Waals surface area contributed by atoms with E-state index in [9.17, 15) is 8.78 Å². The maximum Gasteiger partial charge on any atom is 0.181 e. The average molecular weight is 258 g/mol. The van der Waals surface area contributed by atoms with Crippen molar-refractivity contribution in [3.05, 3.63) is 65.2 Å². The van der Waals surface area contributed by atoms with Crippen molar-refractivity contribution < 1.29 is 8.78 Å². The van der Waals surface area contributed by atoms with Gasteiger partial charge in [-0.3, -0.25) is 0 Å². The molecular formula is C15H12F2N2. The van der Waals surface area contributed by atoms with Crippen molar-refractivity contribution in [2.75, 3.05) is 5.32 Å². The van der Waals surface area contributed by atoms with Gasteiger partial charge in [-0.15, -0.1) is 0 Å². The Kier molecular flexibility index (Phi) is 3.76. The highest BCUT2D eigenvalue weighted by molar-refractivity contribution is 5.47. The second-order valence-corrected chi connectivity index (χ2v) is 4.20. The molecular weight excluding hydrogens is 246 g/mol. The summed E-state index contributed by atoms with van der Waals surface area (Å²) in [5, 5.41) is 11.7. The topological polar surface area (TPSA) is 35.8 Å². The van der Waals surface area contributed by atoms with E-state index in [1.54, 1.807) is 18.2 Å². The minimum atomic E-state index is -0.897. The SMILES string of the molecule is CC(Nc1cccc(F)c1F)c1cccc(C#N)c1. The van der Waals surface area contributed by atoms with Crippen molar-refractivity contribution in [3.8, 4) is 6.07 Å². The molecule has 0 aliphatic carbocycles. The Bertz CT molecular complexity index is 632. The number of nitriles is 1. The monoisotopic (exact) mass is 258 g/mol. The van der Waals surface area contributed by atoms with Crippen molar-refractivity contribution in [1.82, 2.24) is 0 Å². The van der Waals surface area contributed by atoms with Crippen LogP contribution in [0.1, 0.15) is 24.1 Å². The number of benzene rings is 2. The van der Waals surface area contributed by atoms with Gasteiger partial charge in [0.15, 0.2) is 11.6 Å². The second-order valence-electron chi connectivity index (χ2n) is 4.20. The molecule has 2 nitrogen and oxygen atoms in total. The zero-order chi connectivity index (χ0) is 13.8. The van der Waals surface area contributed by atoms with Crippen molar-refractivity contribution in [3.63, 3.8) is 0 Å². The first-order chi connectivity index (χ1) is 9.11. The van der Waals surface area contributed by atoms with E-state index in [4.69, 9.17) is 5.26 Å². The summed E-state index contributed by atoms with van der Waals surface area (Å²) in [7, 11) is 0. The molecule has 2 rings (SSSR count). The van der Waals surface area contributed by atoms with Gasteiger partial charge >= 0.3 is 0 Å². The minimum Gasteiger partial charge on any atom is -0.376 e. The Morgan fingerprint density at radius 1 is 1.16 bits per heavy atom. The van der Waals surface area contributed by atoms with Crippen molar-refractivity contribution in [2.24, 2.45) is 0 Å². The Hall–Kier alpha value is -2.41. The van der Waals surface area contributed by atoms with E-state index in [0.29, 0.717) is 5.56 Å². The molecule has 1 N–H and O–H groups in total. The molecule has 0 bridgehead atoms. The highest BCUT2D eigenvalue weighted by Crippen LogP contribution is 2.23. The van der Waals surface area contributed by atoms with Crippen molar-refractivity contribution in [1.29, 1.82) is 5.26 Å². The summed E-state index contributed by atoms with van der Waals surface area (Å²) < 4.78 is 26.6. The van der Waals surface area contributed by atoms with Crippen LogP contribution in [0, 0.1) is 23.0 Å². The molecule has 0 aliphatic heterocycles. The Balaban J connectivity index is 2.23. The first-order valence-corrected chi connectivity index (χ1v) is 5.82. The molecule has 0 spiro atoms. The molecule has 2 aromatic carbocycles. The predicted octanol–water partition coefficient (Wildman–Crippen LogP) is 4.01. The van der Waals surface area contributed by atoms with Gasteiger partial charge in [-0.1, -0.05) is 18.2 Å². The van der Waals surface area contributed by atoms with Crippen LogP contribution in [0.2, 0.25) is 0 Å². The van der Waals surface area contributed by atoms with Crippen LogP contribution in [0.15, 0.2) is 42.5 Å². The van der Waals surface area contributed by atoms with E-state index in [1.165, 1.54) is 12.1 Å². The third-order valence-corrected chi connectivity index (χ3v) is 2.84. The van der Waals surface area contributed by atoms with Gasteiger partial charge in [0.25, 0.3) is 0 Å². The van der Waals surface area contributed by atoms with Crippen LogP contribution in [-0.4, -0.2) is 0 Å². The maximum absolute atomic E-state index is 13.5. The van der Waals surface area contributed by atoms with Gasteiger partial charge in [0.1, 0.15) is 0 Å². The van der Waals surface area contributed by atoms with Gasteiger partial charge in [0.05, 0.1) is 17.3 Å². The standard InChI is InChI=1S/C15H12F2N2/c1-10(12-5-2-4-11(8-12)9-18)19-14-7-3-6-13(16)15(14)17/h2-8,10,19H,1H3. The molecule has 96 valence electrons. The number of rotatable bonds is 3. The molecule has 1 atom stereocenters. The summed E-state index contributed by atoms with van der Waals surface area (Å²) in [6, 6.07) is 12.8. The van der Waals surface area contributed by atoms with E-state index in [0.717, 1.165) is 11.6 Å². The second kappa shape index (κ2) is 5.49. The summed E-state index contributed by atoms with van der Waals surface area (Å²) >= 11 is 0. The smallest absolute Gasteiger partial charge is 0.181 e. The van der Waals surface area contributed by atoms with Gasteiger partial charge in [0, 0.05) is 6.04 Å². The van der Waals surface area contributed by atoms with Crippen LogP contribution in [0.4, 0.5) is 14.5 Å². The molecule has 0 fully saturated rings. The molecule has 4 heteroatoms. The maximum atomic E-state index is 13.5. The number of nitrogens with one attached hydrogen (secondary N) is 1. The summed E-state index contributed by atoms with van der Waals surface area (Å²) in [6.45, 7) is 1.82.